The molecule has 9 heteroatoms. The number of piperidine rings is 1. The summed E-state index contributed by atoms with van der Waals surface area (Å²) in [5, 5.41) is 34.3. The molecule has 1 saturated heterocycles. The van der Waals surface area contributed by atoms with E-state index in [-0.39, 0.29) is 29.4 Å². The lowest BCUT2D eigenvalue weighted by Gasteiger charge is -2.64. The molecule has 2 aliphatic heterocycles. The Bertz CT molecular complexity index is 1370. The number of hydrogen-bond acceptors (Lipinski definition) is 7. The number of rotatable bonds is 6. The van der Waals surface area contributed by atoms with Crippen molar-refractivity contribution in [1.82, 2.24) is 9.80 Å². The first kappa shape index (κ1) is 24.6. The second-order valence-corrected chi connectivity index (χ2v) is 10.9. The average Bonchev–Trinajstić information content (AvgIpc) is 3.26. The SMILES string of the molecule is C=CCN1CC[C@]23c4c5ccc(O)c4O[C@H]2[C@H](N(C)C(=O)C=Cc2cccc([N+](=O)[O-])c2)CC[C@@]3(O)[C@H]1C5. The summed E-state index contributed by atoms with van der Waals surface area (Å²) in [4.78, 5) is 27.9. The Morgan fingerprint density at radius 1 is 1.34 bits per heavy atom. The number of nitro benzene ring substituents is 1. The predicted molar refractivity (Wildman–Crippen MR) is 141 cm³/mol. The molecule has 4 aliphatic rings. The lowest BCUT2D eigenvalue weighted by molar-refractivity contribution is -0.384. The molecule has 1 spiro atoms. The van der Waals surface area contributed by atoms with Crippen LogP contribution in [0.5, 0.6) is 11.5 Å². The van der Waals surface area contributed by atoms with Crippen molar-refractivity contribution in [3.05, 3.63) is 81.9 Å². The van der Waals surface area contributed by atoms with E-state index in [0.29, 0.717) is 43.5 Å². The number of phenols is 1. The standard InChI is InChI=1S/C29H31N3O6/c1-3-14-31-15-13-28-25-19-8-9-22(33)26(25)38-27(28)21(11-12-29(28,35)23(31)17-19)30(2)24(34)10-7-18-5-4-6-20(16-18)32(36)37/h3-10,16,21,23,27,33,35H,1,11-15,17H2,2H3/t21-,23-,27+,28+,29-/m1/s1. The number of carbonyl (C=O) groups is 1. The molecule has 1 amide bonds. The van der Waals surface area contributed by atoms with Crippen molar-refractivity contribution < 1.29 is 24.7 Å². The minimum absolute atomic E-state index is 0.0407. The number of hydrogen-bond donors (Lipinski definition) is 2. The van der Waals surface area contributed by atoms with Gasteiger partial charge in [0, 0.05) is 43.4 Å². The van der Waals surface area contributed by atoms with Crippen LogP contribution in [0.2, 0.25) is 0 Å². The Morgan fingerprint density at radius 2 is 2.16 bits per heavy atom. The highest BCUT2D eigenvalue weighted by Gasteiger charge is 2.73. The second kappa shape index (κ2) is 8.68. The zero-order chi connectivity index (χ0) is 26.8. The number of benzene rings is 2. The Labute approximate surface area is 220 Å². The fourth-order valence-corrected chi connectivity index (χ4v) is 7.58. The number of aliphatic hydroxyl groups is 1. The van der Waals surface area contributed by atoms with E-state index in [2.05, 4.69) is 11.5 Å². The Kier molecular flexibility index (Phi) is 5.62. The summed E-state index contributed by atoms with van der Waals surface area (Å²) in [6.45, 7) is 5.34. The quantitative estimate of drug-likeness (QED) is 0.262. The molecule has 2 bridgehead atoms. The summed E-state index contributed by atoms with van der Waals surface area (Å²) in [5.74, 6) is 0.227. The van der Waals surface area contributed by atoms with Crippen LogP contribution < -0.4 is 4.74 Å². The summed E-state index contributed by atoms with van der Waals surface area (Å²) in [6, 6.07) is 9.27. The first-order valence-corrected chi connectivity index (χ1v) is 13.0. The highest BCUT2D eigenvalue weighted by molar-refractivity contribution is 5.92. The van der Waals surface area contributed by atoms with E-state index in [1.54, 1.807) is 36.2 Å². The highest BCUT2D eigenvalue weighted by atomic mass is 16.6. The molecule has 0 radical (unpaired) electrons. The molecule has 2 fully saturated rings. The molecule has 198 valence electrons. The number of phenolic OH excluding ortho intramolecular Hbond substituents is 1. The van der Waals surface area contributed by atoms with Crippen LogP contribution in [0.25, 0.3) is 6.08 Å². The van der Waals surface area contributed by atoms with Gasteiger partial charge in [0.05, 0.1) is 22.0 Å². The molecule has 2 aliphatic carbocycles. The maximum absolute atomic E-state index is 13.3. The van der Waals surface area contributed by atoms with Gasteiger partial charge in [-0.3, -0.25) is 19.8 Å². The van der Waals surface area contributed by atoms with Gasteiger partial charge >= 0.3 is 0 Å². The van der Waals surface area contributed by atoms with Crippen LogP contribution in [-0.4, -0.2) is 74.8 Å². The Hall–Kier alpha value is -3.69. The largest absolute Gasteiger partial charge is 0.504 e. The third kappa shape index (κ3) is 3.28. The molecule has 6 rings (SSSR count). The topological polar surface area (TPSA) is 116 Å². The van der Waals surface area contributed by atoms with Gasteiger partial charge in [-0.05, 0) is 55.5 Å². The summed E-state index contributed by atoms with van der Waals surface area (Å²) in [6.07, 6.45) is 6.68. The van der Waals surface area contributed by atoms with Crippen molar-refractivity contribution in [2.45, 2.75) is 54.9 Å². The molecule has 0 unspecified atom stereocenters. The summed E-state index contributed by atoms with van der Waals surface area (Å²) in [5.41, 5.74) is 0.686. The molecule has 2 N–H and O–H groups in total. The lowest BCUT2D eigenvalue weighted by atomic mass is 9.48. The first-order valence-electron chi connectivity index (χ1n) is 13.0. The van der Waals surface area contributed by atoms with Gasteiger partial charge in [0.15, 0.2) is 11.5 Å². The van der Waals surface area contributed by atoms with E-state index in [0.717, 1.165) is 17.7 Å². The van der Waals surface area contributed by atoms with Gasteiger partial charge in [0.25, 0.3) is 5.69 Å². The van der Waals surface area contributed by atoms with E-state index < -0.39 is 22.0 Å². The second-order valence-electron chi connectivity index (χ2n) is 10.9. The molecule has 38 heavy (non-hydrogen) atoms. The summed E-state index contributed by atoms with van der Waals surface area (Å²) >= 11 is 0. The monoisotopic (exact) mass is 517 g/mol. The number of likely N-dealkylation sites (tertiary alicyclic amines) is 1. The van der Waals surface area contributed by atoms with E-state index in [4.69, 9.17) is 4.74 Å². The van der Waals surface area contributed by atoms with Crippen molar-refractivity contribution in [2.75, 3.05) is 20.1 Å². The molecule has 2 aromatic carbocycles. The minimum atomic E-state index is -1.07. The predicted octanol–water partition coefficient (Wildman–Crippen LogP) is 3.18. The third-order valence-electron chi connectivity index (χ3n) is 9.25. The molecular weight excluding hydrogens is 486 g/mol. The number of nitrogens with zero attached hydrogens (tertiary/aromatic N) is 3. The molecule has 2 aromatic rings. The molecule has 9 nitrogen and oxygen atoms in total. The van der Waals surface area contributed by atoms with Gasteiger partial charge in [-0.25, -0.2) is 0 Å². The van der Waals surface area contributed by atoms with Gasteiger partial charge < -0.3 is 19.8 Å². The zero-order valence-corrected chi connectivity index (χ0v) is 21.2. The number of non-ortho nitro benzene ring substituents is 1. The van der Waals surface area contributed by atoms with Crippen molar-refractivity contribution >= 4 is 17.7 Å². The van der Waals surface area contributed by atoms with E-state index in [1.807, 2.05) is 12.1 Å². The van der Waals surface area contributed by atoms with Gasteiger partial charge in [-0.1, -0.05) is 24.3 Å². The van der Waals surface area contributed by atoms with Crippen LogP contribution in [0.3, 0.4) is 0 Å². The normalized spacial score (nSPS) is 30.9. The van der Waals surface area contributed by atoms with E-state index >= 15 is 0 Å². The van der Waals surface area contributed by atoms with Gasteiger partial charge in [-0.15, -0.1) is 6.58 Å². The van der Waals surface area contributed by atoms with Crippen LogP contribution in [0, 0.1) is 10.1 Å². The summed E-state index contributed by atoms with van der Waals surface area (Å²) < 4.78 is 6.52. The molecular formula is C29H31N3O6. The van der Waals surface area contributed by atoms with Crippen molar-refractivity contribution in [1.29, 1.82) is 0 Å². The number of amides is 1. The van der Waals surface area contributed by atoms with Gasteiger partial charge in [0.1, 0.15) is 6.10 Å². The van der Waals surface area contributed by atoms with Crippen molar-refractivity contribution in [3.63, 3.8) is 0 Å². The van der Waals surface area contributed by atoms with E-state index in [9.17, 15) is 25.1 Å². The fraction of sp³-hybridized carbons (Fsp3) is 0.414. The summed E-state index contributed by atoms with van der Waals surface area (Å²) in [7, 11) is 1.73. The van der Waals surface area contributed by atoms with Crippen molar-refractivity contribution in [3.8, 4) is 11.5 Å². The molecule has 0 aromatic heterocycles. The molecule has 1 saturated carbocycles. The fourth-order valence-electron chi connectivity index (χ4n) is 7.58. The Balaban J connectivity index is 1.35. The maximum atomic E-state index is 13.3. The average molecular weight is 518 g/mol. The maximum Gasteiger partial charge on any atom is 0.270 e. The molecule has 5 atom stereocenters. The minimum Gasteiger partial charge on any atom is -0.504 e. The van der Waals surface area contributed by atoms with Crippen molar-refractivity contribution in [2.24, 2.45) is 0 Å². The van der Waals surface area contributed by atoms with Gasteiger partial charge in [-0.2, -0.15) is 0 Å². The van der Waals surface area contributed by atoms with E-state index in [1.165, 1.54) is 18.2 Å². The van der Waals surface area contributed by atoms with Crippen LogP contribution in [-0.2, 0) is 16.6 Å². The first-order chi connectivity index (χ1) is 18.2. The molecule has 2 heterocycles. The highest BCUT2D eigenvalue weighted by Crippen LogP contribution is 2.65. The number of nitro groups is 1. The number of carbonyl (C=O) groups excluding carboxylic acids is 1. The zero-order valence-electron chi connectivity index (χ0n) is 21.2. The Morgan fingerprint density at radius 3 is 2.92 bits per heavy atom. The van der Waals surface area contributed by atoms with Crippen LogP contribution in [0.15, 0.2) is 55.1 Å². The van der Waals surface area contributed by atoms with Crippen LogP contribution in [0.4, 0.5) is 5.69 Å². The van der Waals surface area contributed by atoms with Crippen LogP contribution in [0.1, 0.15) is 36.0 Å². The smallest absolute Gasteiger partial charge is 0.270 e. The number of likely N-dealkylation sites (N-methyl/N-ethyl adjacent to an activating group) is 1. The lowest BCUT2D eigenvalue weighted by Crippen LogP contribution is -2.78. The number of ether oxygens (including phenoxy) is 1. The van der Waals surface area contributed by atoms with Gasteiger partial charge in [0.2, 0.25) is 5.91 Å². The number of aromatic hydroxyl groups is 1. The third-order valence-corrected chi connectivity index (χ3v) is 9.25. The van der Waals surface area contributed by atoms with Crippen LogP contribution >= 0.6 is 0 Å².